The summed E-state index contributed by atoms with van der Waals surface area (Å²) in [5, 5.41) is 3.31. The van der Waals surface area contributed by atoms with Gasteiger partial charge in [0.15, 0.2) is 0 Å². The van der Waals surface area contributed by atoms with Crippen molar-refractivity contribution in [1.29, 1.82) is 0 Å². The zero-order valence-corrected chi connectivity index (χ0v) is 12.9. The lowest BCUT2D eigenvalue weighted by atomic mass is 10.2. The second kappa shape index (κ2) is 9.06. The first kappa shape index (κ1) is 17.1. The maximum absolute atomic E-state index is 11.6. The molecule has 0 bridgehead atoms. The molecular weight excluding hydrogens is 234 g/mol. The summed E-state index contributed by atoms with van der Waals surface area (Å²) in [4.78, 5) is 0. The Bertz CT molecular complexity index is 212. The van der Waals surface area contributed by atoms with Crippen molar-refractivity contribution in [2.45, 2.75) is 46.6 Å². The number of nitrogens with one attached hydrogen (secondary N) is 1. The molecule has 0 fully saturated rings. The SMILES string of the molecule is CC(C)CNCCS(=O)CCCOC(C)(C)C. The maximum atomic E-state index is 11.6. The van der Waals surface area contributed by atoms with E-state index in [1.165, 1.54) is 0 Å². The summed E-state index contributed by atoms with van der Waals surface area (Å²) in [6, 6.07) is 0. The lowest BCUT2D eigenvalue weighted by Crippen LogP contribution is -2.25. The monoisotopic (exact) mass is 263 g/mol. The van der Waals surface area contributed by atoms with Crippen molar-refractivity contribution in [2.75, 3.05) is 31.2 Å². The highest BCUT2D eigenvalue weighted by Gasteiger charge is 2.09. The minimum atomic E-state index is -0.706. The Morgan fingerprint density at radius 2 is 1.88 bits per heavy atom. The smallest absolute Gasteiger partial charge is 0.0598 e. The summed E-state index contributed by atoms with van der Waals surface area (Å²) in [5.41, 5.74) is -0.0830. The van der Waals surface area contributed by atoms with Gasteiger partial charge in [0.1, 0.15) is 0 Å². The fraction of sp³-hybridized carbons (Fsp3) is 1.00. The van der Waals surface area contributed by atoms with Gasteiger partial charge in [0.25, 0.3) is 0 Å². The second-order valence-corrected chi connectivity index (χ2v) is 7.46. The van der Waals surface area contributed by atoms with E-state index in [1.54, 1.807) is 0 Å². The highest BCUT2D eigenvalue weighted by atomic mass is 32.2. The standard InChI is InChI=1S/C13H29NO2S/c1-12(2)11-14-7-10-17(15)9-6-8-16-13(3,4)5/h12,14H,6-11H2,1-5H3. The molecule has 0 aliphatic carbocycles. The average molecular weight is 263 g/mol. The molecule has 0 radical (unpaired) electrons. The van der Waals surface area contributed by atoms with Gasteiger partial charge in [-0.25, -0.2) is 0 Å². The third-order valence-corrected chi connectivity index (χ3v) is 3.51. The van der Waals surface area contributed by atoms with Crippen LogP contribution in [0.3, 0.4) is 0 Å². The fourth-order valence-electron chi connectivity index (χ4n) is 1.28. The molecule has 0 aliphatic rings. The molecule has 0 rings (SSSR count). The Labute approximate surface area is 109 Å². The molecule has 17 heavy (non-hydrogen) atoms. The number of hydrogen-bond acceptors (Lipinski definition) is 3. The first-order valence-corrected chi connectivity index (χ1v) is 7.99. The molecule has 4 heteroatoms. The van der Waals surface area contributed by atoms with E-state index in [4.69, 9.17) is 4.74 Å². The van der Waals surface area contributed by atoms with Crippen molar-refractivity contribution < 1.29 is 8.95 Å². The minimum Gasteiger partial charge on any atom is -0.376 e. The highest BCUT2D eigenvalue weighted by Crippen LogP contribution is 2.06. The Morgan fingerprint density at radius 3 is 2.41 bits per heavy atom. The average Bonchev–Trinajstić information content (AvgIpc) is 2.18. The van der Waals surface area contributed by atoms with Crippen LogP contribution in [0.15, 0.2) is 0 Å². The lowest BCUT2D eigenvalue weighted by molar-refractivity contribution is -0.00204. The van der Waals surface area contributed by atoms with Gasteiger partial charge in [0.05, 0.1) is 5.60 Å². The van der Waals surface area contributed by atoms with E-state index < -0.39 is 10.8 Å². The summed E-state index contributed by atoms with van der Waals surface area (Å²) in [5.74, 6) is 2.16. The Kier molecular flexibility index (Phi) is 9.10. The van der Waals surface area contributed by atoms with Gasteiger partial charge in [0.2, 0.25) is 0 Å². The normalized spacial score (nSPS) is 14.2. The largest absolute Gasteiger partial charge is 0.376 e. The molecule has 0 saturated carbocycles. The van der Waals surface area contributed by atoms with Crippen LogP contribution >= 0.6 is 0 Å². The van der Waals surface area contributed by atoms with Gasteiger partial charge in [0, 0.05) is 35.5 Å². The van der Waals surface area contributed by atoms with Crippen molar-refractivity contribution >= 4 is 10.8 Å². The van der Waals surface area contributed by atoms with Crippen molar-refractivity contribution in [1.82, 2.24) is 5.32 Å². The molecular formula is C13H29NO2S. The van der Waals surface area contributed by atoms with E-state index in [0.29, 0.717) is 12.5 Å². The molecule has 0 spiro atoms. The molecule has 0 amide bonds. The topological polar surface area (TPSA) is 38.3 Å². The van der Waals surface area contributed by atoms with Crippen LogP contribution < -0.4 is 5.32 Å². The number of rotatable bonds is 9. The van der Waals surface area contributed by atoms with Crippen molar-refractivity contribution in [3.63, 3.8) is 0 Å². The maximum Gasteiger partial charge on any atom is 0.0598 e. The number of ether oxygens (including phenoxy) is 1. The van der Waals surface area contributed by atoms with E-state index in [1.807, 2.05) is 20.8 Å². The zero-order chi connectivity index (χ0) is 13.3. The van der Waals surface area contributed by atoms with Crippen LogP contribution in [0.4, 0.5) is 0 Å². The van der Waals surface area contributed by atoms with E-state index in [9.17, 15) is 4.21 Å². The highest BCUT2D eigenvalue weighted by molar-refractivity contribution is 7.84. The molecule has 1 N–H and O–H groups in total. The van der Waals surface area contributed by atoms with Crippen LogP contribution in [0.2, 0.25) is 0 Å². The minimum absolute atomic E-state index is 0.0830. The van der Waals surface area contributed by atoms with E-state index in [0.717, 1.165) is 31.0 Å². The van der Waals surface area contributed by atoms with Crippen LogP contribution in [-0.2, 0) is 15.5 Å². The van der Waals surface area contributed by atoms with E-state index >= 15 is 0 Å². The van der Waals surface area contributed by atoms with Crippen LogP contribution in [-0.4, -0.2) is 41.0 Å². The summed E-state index contributed by atoms with van der Waals surface area (Å²) in [7, 11) is -0.706. The molecule has 1 atom stereocenters. The van der Waals surface area contributed by atoms with Gasteiger partial charge in [-0.3, -0.25) is 4.21 Å². The summed E-state index contributed by atoms with van der Waals surface area (Å²) in [6.45, 7) is 13.0. The third-order valence-electron chi connectivity index (χ3n) is 2.11. The van der Waals surface area contributed by atoms with Gasteiger partial charge in [-0.05, 0) is 39.7 Å². The Hall–Kier alpha value is 0.0700. The van der Waals surface area contributed by atoms with Gasteiger partial charge in [-0.15, -0.1) is 0 Å². The van der Waals surface area contributed by atoms with Crippen molar-refractivity contribution in [3.05, 3.63) is 0 Å². The molecule has 104 valence electrons. The fourth-order valence-corrected chi connectivity index (χ4v) is 2.29. The molecule has 1 unspecified atom stereocenters. The molecule has 0 heterocycles. The molecule has 0 saturated heterocycles. The van der Waals surface area contributed by atoms with Crippen LogP contribution in [0, 0.1) is 5.92 Å². The third kappa shape index (κ3) is 14.0. The summed E-state index contributed by atoms with van der Waals surface area (Å²) >= 11 is 0. The van der Waals surface area contributed by atoms with Crippen molar-refractivity contribution in [2.24, 2.45) is 5.92 Å². The van der Waals surface area contributed by atoms with Crippen LogP contribution in [0.5, 0.6) is 0 Å². The summed E-state index contributed by atoms with van der Waals surface area (Å²) in [6.07, 6.45) is 0.883. The predicted octanol–water partition coefficient (Wildman–Crippen LogP) is 2.19. The van der Waals surface area contributed by atoms with Crippen molar-refractivity contribution in [3.8, 4) is 0 Å². The first-order chi connectivity index (χ1) is 7.81. The lowest BCUT2D eigenvalue weighted by Gasteiger charge is -2.19. The second-order valence-electron chi connectivity index (χ2n) is 5.76. The van der Waals surface area contributed by atoms with Gasteiger partial charge in [-0.1, -0.05) is 13.8 Å². The van der Waals surface area contributed by atoms with E-state index in [2.05, 4.69) is 19.2 Å². The predicted molar refractivity (Wildman–Crippen MR) is 75.9 cm³/mol. The van der Waals surface area contributed by atoms with Gasteiger partial charge >= 0.3 is 0 Å². The molecule has 0 aromatic rings. The van der Waals surface area contributed by atoms with Crippen LogP contribution in [0.1, 0.15) is 41.0 Å². The van der Waals surface area contributed by atoms with Crippen LogP contribution in [0.25, 0.3) is 0 Å². The van der Waals surface area contributed by atoms with Gasteiger partial charge < -0.3 is 10.1 Å². The Balaban J connectivity index is 3.35. The first-order valence-electron chi connectivity index (χ1n) is 6.51. The zero-order valence-electron chi connectivity index (χ0n) is 12.0. The molecule has 3 nitrogen and oxygen atoms in total. The quantitative estimate of drug-likeness (QED) is 0.648. The molecule has 0 aliphatic heterocycles. The molecule has 0 aromatic heterocycles. The molecule has 0 aromatic carbocycles. The van der Waals surface area contributed by atoms with E-state index in [-0.39, 0.29) is 5.60 Å². The Morgan fingerprint density at radius 1 is 1.24 bits per heavy atom. The number of hydrogen-bond donors (Lipinski definition) is 1. The summed E-state index contributed by atoms with van der Waals surface area (Å²) < 4.78 is 17.2. The van der Waals surface area contributed by atoms with Gasteiger partial charge in [-0.2, -0.15) is 0 Å².